The van der Waals surface area contributed by atoms with E-state index >= 15 is 0 Å². The molecule has 2 aliphatic heterocycles. The normalized spacial score (nSPS) is 22.9. The molecule has 0 radical (unpaired) electrons. The van der Waals surface area contributed by atoms with E-state index in [0.717, 1.165) is 52.5 Å². The number of hydrogen-bond acceptors (Lipinski definition) is 6. The molecule has 4 N–H and O–H groups in total. The maximum atomic E-state index is 5.61. The van der Waals surface area contributed by atoms with Crippen molar-refractivity contribution in [3.8, 4) is 0 Å². The number of nitrogens with two attached hydrogens (primary N) is 2. The largest absolute Gasteiger partial charge is 0.374 e. The molecule has 2 heterocycles. The molecule has 2 atom stereocenters. The quantitative estimate of drug-likeness (QED) is 0.752. The minimum Gasteiger partial charge on any atom is -0.374 e. The molecular formula is C24H36N4O2. The smallest absolute Gasteiger partial charge is 0.0824 e. The first-order valence-electron chi connectivity index (χ1n) is 10.9. The average Bonchev–Trinajstić information content (AvgIpc) is 2.81. The van der Waals surface area contributed by atoms with Crippen molar-refractivity contribution in [3.05, 3.63) is 71.8 Å². The van der Waals surface area contributed by atoms with Gasteiger partial charge in [-0.15, -0.1) is 0 Å². The van der Waals surface area contributed by atoms with Gasteiger partial charge >= 0.3 is 0 Å². The van der Waals surface area contributed by atoms with Crippen LogP contribution < -0.4 is 11.5 Å². The Morgan fingerprint density at radius 2 is 1.07 bits per heavy atom. The first-order valence-corrected chi connectivity index (χ1v) is 10.9. The Labute approximate surface area is 180 Å². The van der Waals surface area contributed by atoms with Crippen molar-refractivity contribution in [1.82, 2.24) is 9.80 Å². The lowest BCUT2D eigenvalue weighted by Crippen LogP contribution is -2.45. The van der Waals surface area contributed by atoms with Crippen LogP contribution in [-0.4, -0.2) is 74.5 Å². The first-order chi connectivity index (χ1) is 14.8. The number of benzene rings is 2. The van der Waals surface area contributed by atoms with Gasteiger partial charge in [0, 0.05) is 52.4 Å². The minimum atomic E-state index is 0.211. The molecule has 0 aliphatic carbocycles. The van der Waals surface area contributed by atoms with Crippen LogP contribution in [0.15, 0.2) is 60.7 Å². The summed E-state index contributed by atoms with van der Waals surface area (Å²) < 4.78 is 11.1. The maximum absolute atomic E-state index is 5.61. The third-order valence-corrected chi connectivity index (χ3v) is 5.47. The Kier molecular flexibility index (Phi) is 9.76. The molecule has 0 amide bonds. The second-order valence-electron chi connectivity index (χ2n) is 7.90. The number of morpholine rings is 2. The summed E-state index contributed by atoms with van der Waals surface area (Å²) >= 11 is 0. The van der Waals surface area contributed by atoms with E-state index in [2.05, 4.69) is 58.3 Å². The van der Waals surface area contributed by atoms with Gasteiger partial charge in [-0.2, -0.15) is 0 Å². The third kappa shape index (κ3) is 7.80. The van der Waals surface area contributed by atoms with Gasteiger partial charge in [-0.3, -0.25) is 9.80 Å². The zero-order chi connectivity index (χ0) is 21.0. The molecule has 6 heteroatoms. The standard InChI is InChI=1S/2C12H18N2O/c2*13-8-12-10-14(6-7-15-12)9-11-4-2-1-3-5-11/h2*1-5,12H,6-10,13H2/t12-;/m1./s1. The summed E-state index contributed by atoms with van der Waals surface area (Å²) in [5.74, 6) is 0. The summed E-state index contributed by atoms with van der Waals surface area (Å²) in [7, 11) is 0. The lowest BCUT2D eigenvalue weighted by atomic mass is 10.2. The second-order valence-corrected chi connectivity index (χ2v) is 7.90. The van der Waals surface area contributed by atoms with Gasteiger partial charge in [0.15, 0.2) is 0 Å². The summed E-state index contributed by atoms with van der Waals surface area (Å²) in [5, 5.41) is 0. The third-order valence-electron chi connectivity index (χ3n) is 5.47. The summed E-state index contributed by atoms with van der Waals surface area (Å²) in [6.07, 6.45) is 0.421. The van der Waals surface area contributed by atoms with Gasteiger partial charge in [0.05, 0.1) is 25.4 Å². The molecule has 30 heavy (non-hydrogen) atoms. The van der Waals surface area contributed by atoms with Crippen molar-refractivity contribution in [1.29, 1.82) is 0 Å². The highest BCUT2D eigenvalue weighted by Crippen LogP contribution is 2.10. The summed E-state index contributed by atoms with van der Waals surface area (Å²) in [6.45, 7) is 8.74. The van der Waals surface area contributed by atoms with Gasteiger partial charge in [0.1, 0.15) is 0 Å². The van der Waals surface area contributed by atoms with E-state index in [-0.39, 0.29) is 12.2 Å². The molecule has 1 unspecified atom stereocenters. The van der Waals surface area contributed by atoms with E-state index in [4.69, 9.17) is 20.9 Å². The zero-order valence-corrected chi connectivity index (χ0v) is 17.9. The van der Waals surface area contributed by atoms with Crippen molar-refractivity contribution in [2.45, 2.75) is 25.3 Å². The van der Waals surface area contributed by atoms with Crippen molar-refractivity contribution >= 4 is 0 Å². The fourth-order valence-electron chi connectivity index (χ4n) is 3.82. The van der Waals surface area contributed by atoms with Gasteiger partial charge in [0.25, 0.3) is 0 Å². The molecule has 164 valence electrons. The van der Waals surface area contributed by atoms with Crippen LogP contribution in [0.25, 0.3) is 0 Å². The van der Waals surface area contributed by atoms with Crippen molar-refractivity contribution in [3.63, 3.8) is 0 Å². The molecule has 2 fully saturated rings. The predicted octanol–water partition coefficient (Wildman–Crippen LogP) is 1.69. The van der Waals surface area contributed by atoms with E-state index in [9.17, 15) is 0 Å². The van der Waals surface area contributed by atoms with Crippen LogP contribution >= 0.6 is 0 Å². The van der Waals surface area contributed by atoms with Crippen LogP contribution in [0.5, 0.6) is 0 Å². The SMILES string of the molecule is NCC1CN(Cc2ccccc2)CCO1.NC[C@@H]1CN(Cc2ccccc2)CCO1. The zero-order valence-electron chi connectivity index (χ0n) is 17.9. The summed E-state index contributed by atoms with van der Waals surface area (Å²) in [6, 6.07) is 21.1. The van der Waals surface area contributed by atoms with Crippen molar-refractivity contribution in [2.75, 3.05) is 52.5 Å². The summed E-state index contributed by atoms with van der Waals surface area (Å²) in [4.78, 5) is 4.80. The number of nitrogens with zero attached hydrogens (tertiary/aromatic N) is 2. The lowest BCUT2D eigenvalue weighted by molar-refractivity contribution is -0.0261. The first kappa shape index (κ1) is 22.9. The van der Waals surface area contributed by atoms with Gasteiger partial charge in [-0.25, -0.2) is 0 Å². The molecule has 6 nitrogen and oxygen atoms in total. The highest BCUT2D eigenvalue weighted by Gasteiger charge is 2.19. The highest BCUT2D eigenvalue weighted by molar-refractivity contribution is 5.15. The number of hydrogen-bond donors (Lipinski definition) is 2. The van der Waals surface area contributed by atoms with Crippen LogP contribution in [0.2, 0.25) is 0 Å². The fraction of sp³-hybridized carbons (Fsp3) is 0.500. The molecule has 4 rings (SSSR count). The van der Waals surface area contributed by atoms with E-state index in [1.54, 1.807) is 0 Å². The van der Waals surface area contributed by atoms with E-state index in [1.165, 1.54) is 11.1 Å². The van der Waals surface area contributed by atoms with Crippen LogP contribution in [0.1, 0.15) is 11.1 Å². The molecule has 2 aromatic carbocycles. The molecule has 0 spiro atoms. The summed E-state index contributed by atoms with van der Waals surface area (Å²) in [5.41, 5.74) is 13.9. The Balaban J connectivity index is 0.000000171. The van der Waals surface area contributed by atoms with Crippen molar-refractivity contribution < 1.29 is 9.47 Å². The Morgan fingerprint density at radius 1 is 0.667 bits per heavy atom. The van der Waals surface area contributed by atoms with Gasteiger partial charge < -0.3 is 20.9 Å². The van der Waals surface area contributed by atoms with Gasteiger partial charge in [0.2, 0.25) is 0 Å². The van der Waals surface area contributed by atoms with E-state index < -0.39 is 0 Å². The maximum Gasteiger partial charge on any atom is 0.0824 e. The topological polar surface area (TPSA) is 77.0 Å². The molecule has 2 aliphatic rings. The molecule has 0 saturated carbocycles. The van der Waals surface area contributed by atoms with E-state index in [0.29, 0.717) is 13.1 Å². The van der Waals surface area contributed by atoms with Gasteiger partial charge in [-0.05, 0) is 11.1 Å². The molecule has 2 aromatic rings. The monoisotopic (exact) mass is 412 g/mol. The Hall–Kier alpha value is -1.80. The molecule has 2 saturated heterocycles. The van der Waals surface area contributed by atoms with Crippen molar-refractivity contribution in [2.24, 2.45) is 11.5 Å². The Morgan fingerprint density at radius 3 is 1.43 bits per heavy atom. The van der Waals surface area contributed by atoms with Gasteiger partial charge in [-0.1, -0.05) is 60.7 Å². The van der Waals surface area contributed by atoms with Crippen LogP contribution in [0.3, 0.4) is 0 Å². The molecule has 0 aromatic heterocycles. The molecular weight excluding hydrogens is 376 g/mol. The number of ether oxygens (including phenoxy) is 2. The Bertz CT molecular complexity index is 639. The highest BCUT2D eigenvalue weighted by atomic mass is 16.5. The fourth-order valence-corrected chi connectivity index (χ4v) is 3.82. The average molecular weight is 413 g/mol. The second kappa shape index (κ2) is 12.8. The number of rotatable bonds is 6. The van der Waals surface area contributed by atoms with Crippen LogP contribution in [0.4, 0.5) is 0 Å². The van der Waals surface area contributed by atoms with Crippen LogP contribution in [0, 0.1) is 0 Å². The predicted molar refractivity (Wildman–Crippen MR) is 121 cm³/mol. The molecule has 0 bridgehead atoms. The van der Waals surface area contributed by atoms with E-state index in [1.807, 2.05) is 12.1 Å². The lowest BCUT2D eigenvalue weighted by Gasteiger charge is -2.32. The minimum absolute atomic E-state index is 0.211. The van der Waals surface area contributed by atoms with Crippen LogP contribution in [-0.2, 0) is 22.6 Å².